The van der Waals surface area contributed by atoms with E-state index in [0.717, 1.165) is 10.5 Å². The summed E-state index contributed by atoms with van der Waals surface area (Å²) < 4.78 is 10.7. The van der Waals surface area contributed by atoms with Gasteiger partial charge in [-0.1, -0.05) is 30.3 Å². The zero-order valence-electron chi connectivity index (χ0n) is 14.7. The number of benzene rings is 1. The summed E-state index contributed by atoms with van der Waals surface area (Å²) in [6, 6.07) is 10.6. The van der Waals surface area contributed by atoms with E-state index in [9.17, 15) is 19.7 Å². The molecule has 2 aromatic rings. The Morgan fingerprint density at radius 3 is 2.70 bits per heavy atom. The van der Waals surface area contributed by atoms with Gasteiger partial charge >= 0.3 is 11.8 Å². The van der Waals surface area contributed by atoms with Gasteiger partial charge in [0.1, 0.15) is 12.6 Å². The summed E-state index contributed by atoms with van der Waals surface area (Å²) in [7, 11) is 0. The summed E-state index contributed by atoms with van der Waals surface area (Å²) in [5.41, 5.74) is 0.800. The van der Waals surface area contributed by atoms with E-state index in [4.69, 9.17) is 9.47 Å². The predicted molar refractivity (Wildman–Crippen MR) is 94.2 cm³/mol. The van der Waals surface area contributed by atoms with Gasteiger partial charge in [0.25, 0.3) is 11.7 Å². The van der Waals surface area contributed by atoms with Crippen LogP contribution in [0.5, 0.6) is 5.75 Å². The van der Waals surface area contributed by atoms with Crippen LogP contribution in [0.4, 0.5) is 11.6 Å². The molecule has 2 heterocycles. The molecule has 140 valence electrons. The SMILES string of the molecule is CC1Oc2ccc([N+](=O)[O-])nc2N(C(C)C(=O)OCc2ccccc2)C1=O. The fourth-order valence-corrected chi connectivity index (χ4v) is 2.66. The summed E-state index contributed by atoms with van der Waals surface area (Å²) in [5.74, 6) is -1.51. The van der Waals surface area contributed by atoms with Crippen LogP contribution in [0.2, 0.25) is 0 Å². The van der Waals surface area contributed by atoms with Crippen molar-refractivity contribution in [2.75, 3.05) is 4.90 Å². The van der Waals surface area contributed by atoms with Gasteiger partial charge in [-0.3, -0.25) is 9.69 Å². The molecule has 1 aliphatic heterocycles. The van der Waals surface area contributed by atoms with E-state index < -0.39 is 34.8 Å². The van der Waals surface area contributed by atoms with E-state index in [-0.39, 0.29) is 18.2 Å². The van der Waals surface area contributed by atoms with Gasteiger partial charge in [-0.05, 0) is 35.4 Å². The number of fused-ring (bicyclic) bond motifs is 1. The van der Waals surface area contributed by atoms with Gasteiger partial charge < -0.3 is 19.6 Å². The van der Waals surface area contributed by atoms with Crippen LogP contribution in [0.15, 0.2) is 42.5 Å². The lowest BCUT2D eigenvalue weighted by molar-refractivity contribution is -0.389. The smallest absolute Gasteiger partial charge is 0.366 e. The van der Waals surface area contributed by atoms with Crippen molar-refractivity contribution >= 4 is 23.5 Å². The highest BCUT2D eigenvalue weighted by molar-refractivity contribution is 6.03. The van der Waals surface area contributed by atoms with Crippen LogP contribution < -0.4 is 9.64 Å². The van der Waals surface area contributed by atoms with E-state index in [1.54, 1.807) is 12.1 Å². The first-order valence-corrected chi connectivity index (χ1v) is 8.24. The Labute approximate surface area is 154 Å². The number of carbonyl (C=O) groups is 2. The van der Waals surface area contributed by atoms with Crippen LogP contribution in [0.1, 0.15) is 19.4 Å². The number of hydrogen-bond acceptors (Lipinski definition) is 7. The zero-order chi connectivity index (χ0) is 19.6. The fourth-order valence-electron chi connectivity index (χ4n) is 2.66. The van der Waals surface area contributed by atoms with Crippen LogP contribution in [0.25, 0.3) is 0 Å². The molecule has 0 fully saturated rings. The standard InChI is InChI=1S/C18H17N3O6/c1-11(18(23)26-10-13-6-4-3-5-7-13)20-16-14(27-12(2)17(20)22)8-9-15(19-16)21(24)25/h3-9,11-12H,10H2,1-2H3. The number of rotatable bonds is 5. The molecule has 1 aromatic carbocycles. The second-order valence-electron chi connectivity index (χ2n) is 5.99. The van der Waals surface area contributed by atoms with E-state index in [1.807, 2.05) is 18.2 Å². The first-order valence-electron chi connectivity index (χ1n) is 8.24. The molecule has 0 aliphatic carbocycles. The molecule has 1 aromatic heterocycles. The number of nitro groups is 1. The molecule has 27 heavy (non-hydrogen) atoms. The van der Waals surface area contributed by atoms with Gasteiger partial charge in [0.15, 0.2) is 11.9 Å². The molecule has 0 saturated heterocycles. The van der Waals surface area contributed by atoms with E-state index in [2.05, 4.69) is 4.98 Å². The maximum Gasteiger partial charge on any atom is 0.366 e. The first kappa shape index (κ1) is 18.3. The van der Waals surface area contributed by atoms with Crippen LogP contribution >= 0.6 is 0 Å². The molecule has 2 unspecified atom stereocenters. The second-order valence-corrected chi connectivity index (χ2v) is 5.99. The molecule has 0 bridgehead atoms. The Kier molecular flexibility index (Phi) is 5.02. The molecular formula is C18H17N3O6. The quantitative estimate of drug-likeness (QED) is 0.450. The normalized spacial score (nSPS) is 16.9. The number of anilines is 1. The van der Waals surface area contributed by atoms with Crippen LogP contribution in [0, 0.1) is 10.1 Å². The number of nitrogens with zero attached hydrogens (tertiary/aromatic N) is 3. The van der Waals surface area contributed by atoms with E-state index >= 15 is 0 Å². The molecule has 9 nitrogen and oxygen atoms in total. The largest absolute Gasteiger partial charge is 0.475 e. The maximum atomic E-state index is 12.6. The van der Waals surface area contributed by atoms with Crippen molar-refractivity contribution in [3.05, 3.63) is 58.1 Å². The molecule has 1 amide bonds. The minimum Gasteiger partial charge on any atom is -0.475 e. The van der Waals surface area contributed by atoms with Crippen molar-refractivity contribution in [1.82, 2.24) is 4.98 Å². The number of pyridine rings is 1. The van der Waals surface area contributed by atoms with Gasteiger partial charge in [0.2, 0.25) is 0 Å². The molecule has 0 saturated carbocycles. The summed E-state index contributed by atoms with van der Waals surface area (Å²) in [6.07, 6.45) is -0.856. The van der Waals surface area contributed by atoms with Gasteiger partial charge in [-0.25, -0.2) is 4.79 Å². The highest BCUT2D eigenvalue weighted by atomic mass is 16.6. The molecule has 3 rings (SSSR count). The number of esters is 1. The summed E-state index contributed by atoms with van der Waals surface area (Å²) in [6.45, 7) is 3.06. The predicted octanol–water partition coefficient (Wildman–Crippen LogP) is 2.24. The van der Waals surface area contributed by atoms with Crippen molar-refractivity contribution < 1.29 is 24.0 Å². The lowest BCUT2D eigenvalue weighted by Crippen LogP contribution is -2.52. The third-order valence-electron chi connectivity index (χ3n) is 4.08. The monoisotopic (exact) mass is 371 g/mol. The molecule has 0 radical (unpaired) electrons. The number of aromatic nitrogens is 1. The Hall–Kier alpha value is -3.49. The highest BCUT2D eigenvalue weighted by Crippen LogP contribution is 2.35. The van der Waals surface area contributed by atoms with Crippen LogP contribution in [-0.2, 0) is 20.9 Å². The average molecular weight is 371 g/mol. The van der Waals surface area contributed by atoms with Gasteiger partial charge in [0.05, 0.1) is 0 Å². The van der Waals surface area contributed by atoms with Gasteiger partial charge in [-0.2, -0.15) is 0 Å². The molecular weight excluding hydrogens is 354 g/mol. The van der Waals surface area contributed by atoms with Crippen molar-refractivity contribution in [3.8, 4) is 5.75 Å². The first-order chi connectivity index (χ1) is 12.9. The zero-order valence-corrected chi connectivity index (χ0v) is 14.7. The Morgan fingerprint density at radius 2 is 2.04 bits per heavy atom. The lowest BCUT2D eigenvalue weighted by atomic mass is 10.2. The molecule has 0 N–H and O–H groups in total. The minimum atomic E-state index is -1.03. The number of ether oxygens (including phenoxy) is 2. The Morgan fingerprint density at radius 1 is 1.33 bits per heavy atom. The van der Waals surface area contributed by atoms with Gasteiger partial charge in [0, 0.05) is 6.07 Å². The van der Waals surface area contributed by atoms with E-state index in [1.165, 1.54) is 26.0 Å². The van der Waals surface area contributed by atoms with Crippen molar-refractivity contribution in [2.24, 2.45) is 0 Å². The Bertz CT molecular complexity index is 886. The third-order valence-corrected chi connectivity index (χ3v) is 4.08. The van der Waals surface area contributed by atoms with Crippen molar-refractivity contribution in [1.29, 1.82) is 0 Å². The molecule has 0 spiro atoms. The van der Waals surface area contributed by atoms with Crippen LogP contribution in [0.3, 0.4) is 0 Å². The van der Waals surface area contributed by atoms with Crippen LogP contribution in [-0.4, -0.2) is 33.9 Å². The number of amides is 1. The van der Waals surface area contributed by atoms with E-state index in [0.29, 0.717) is 0 Å². The summed E-state index contributed by atoms with van der Waals surface area (Å²) >= 11 is 0. The topological polar surface area (TPSA) is 112 Å². The van der Waals surface area contributed by atoms with Crippen molar-refractivity contribution in [3.63, 3.8) is 0 Å². The molecule has 1 aliphatic rings. The summed E-state index contributed by atoms with van der Waals surface area (Å²) in [4.78, 5) is 40.3. The fraction of sp³-hybridized carbons (Fsp3) is 0.278. The lowest BCUT2D eigenvalue weighted by Gasteiger charge is -2.32. The average Bonchev–Trinajstić information content (AvgIpc) is 2.67. The second kappa shape index (κ2) is 7.40. The molecule has 9 heteroatoms. The van der Waals surface area contributed by atoms with Gasteiger partial charge in [-0.15, -0.1) is 0 Å². The highest BCUT2D eigenvalue weighted by Gasteiger charge is 2.42. The maximum absolute atomic E-state index is 12.6. The third kappa shape index (κ3) is 3.71. The number of carbonyl (C=O) groups excluding carboxylic acids is 2. The number of hydrogen-bond donors (Lipinski definition) is 0. The molecule has 2 atom stereocenters. The Balaban J connectivity index is 1.85. The van der Waals surface area contributed by atoms with Crippen molar-refractivity contribution in [2.45, 2.75) is 32.6 Å². The summed E-state index contributed by atoms with van der Waals surface area (Å²) in [5, 5.41) is 11.0. The minimum absolute atomic E-state index is 0.0489.